The molecule has 2 rings (SSSR count). The third-order valence-electron chi connectivity index (χ3n) is 1.90. The zero-order chi connectivity index (χ0) is 16.8. The van der Waals surface area contributed by atoms with Gasteiger partial charge in [0.25, 0.3) is 0 Å². The first kappa shape index (κ1) is 20.1. The number of rotatable bonds is 3. The maximum absolute atomic E-state index is 9.25. The Balaban J connectivity index is 0.000000411. The van der Waals surface area contributed by atoms with Crippen molar-refractivity contribution in [2.24, 2.45) is 0 Å². The van der Waals surface area contributed by atoms with Crippen LogP contribution in [0.25, 0.3) is 0 Å². The number of hydrogen-bond acceptors (Lipinski definition) is 4. The summed E-state index contributed by atoms with van der Waals surface area (Å²) in [5.41, 5.74) is 0. The second kappa shape index (κ2) is 12.9. The van der Waals surface area contributed by atoms with Crippen LogP contribution >= 0.6 is 25.3 Å². The summed E-state index contributed by atoms with van der Waals surface area (Å²) in [5, 5.41) is 7.60. The average molecular weight is 336 g/mol. The van der Waals surface area contributed by atoms with Crippen LogP contribution in [-0.4, -0.2) is 15.7 Å². The van der Waals surface area contributed by atoms with Crippen LogP contribution in [0.3, 0.4) is 0 Å². The van der Waals surface area contributed by atoms with E-state index in [9.17, 15) is 4.79 Å². The number of carboxylic acid groups (broad SMARTS) is 1. The van der Waals surface area contributed by atoms with Gasteiger partial charge in [0.05, 0.1) is 0 Å². The number of benzene rings is 2. The zero-order valence-electron chi connectivity index (χ0n) is 12.3. The molecule has 0 saturated carbocycles. The van der Waals surface area contributed by atoms with E-state index in [0.29, 0.717) is 0 Å². The lowest BCUT2D eigenvalue weighted by molar-refractivity contribution is -0.131. The molecule has 2 aromatic rings. The van der Waals surface area contributed by atoms with Crippen molar-refractivity contribution >= 4 is 31.2 Å². The standard InChI is InChI=1S/C12H10O.C3H4O2.C2H6S2/c1-3-7-11(8-4-1)13-12-9-5-2-6-10-12;1-2-3(4)5;1-2(3)4/h1-10H;2H,1H2,(H,4,5);2-4H,1H3. The van der Waals surface area contributed by atoms with Gasteiger partial charge < -0.3 is 9.84 Å². The van der Waals surface area contributed by atoms with Gasteiger partial charge in [-0.05, 0) is 31.2 Å². The minimum absolute atomic E-state index is 0.222. The molecule has 0 atom stereocenters. The fraction of sp³-hybridized carbons (Fsp3) is 0.118. The van der Waals surface area contributed by atoms with Crippen LogP contribution in [0.2, 0.25) is 0 Å². The second-order valence-electron chi connectivity index (χ2n) is 3.90. The average Bonchev–Trinajstić information content (AvgIpc) is 2.49. The van der Waals surface area contributed by atoms with E-state index < -0.39 is 5.97 Å². The normalized spacial score (nSPS) is 8.73. The van der Waals surface area contributed by atoms with Crippen molar-refractivity contribution in [3.05, 3.63) is 73.3 Å². The number of thiol groups is 2. The van der Waals surface area contributed by atoms with Gasteiger partial charge in [0.1, 0.15) is 11.5 Å². The number of hydrogen-bond donors (Lipinski definition) is 3. The van der Waals surface area contributed by atoms with E-state index in [-0.39, 0.29) is 4.58 Å². The molecule has 1 N–H and O–H groups in total. The summed E-state index contributed by atoms with van der Waals surface area (Å²) in [7, 11) is 0. The molecule has 0 aliphatic rings. The second-order valence-corrected chi connectivity index (χ2v) is 5.86. The molecule has 0 saturated heterocycles. The van der Waals surface area contributed by atoms with Crippen molar-refractivity contribution in [3.8, 4) is 11.5 Å². The summed E-state index contributed by atoms with van der Waals surface area (Å²) < 4.78 is 5.80. The minimum atomic E-state index is -0.981. The molecule has 0 aliphatic carbocycles. The van der Waals surface area contributed by atoms with Gasteiger partial charge in [-0.15, -0.1) is 0 Å². The van der Waals surface area contributed by atoms with Crippen LogP contribution in [0.4, 0.5) is 0 Å². The van der Waals surface area contributed by atoms with Crippen molar-refractivity contribution in [3.63, 3.8) is 0 Å². The molecule has 0 bridgehead atoms. The van der Waals surface area contributed by atoms with E-state index in [1.807, 2.05) is 67.6 Å². The number of ether oxygens (including phenoxy) is 1. The lowest BCUT2D eigenvalue weighted by Crippen LogP contribution is -1.82. The first-order valence-corrected chi connectivity index (χ1v) is 7.48. The predicted octanol–water partition coefficient (Wildman–Crippen LogP) is 4.93. The topological polar surface area (TPSA) is 46.5 Å². The third kappa shape index (κ3) is 13.1. The van der Waals surface area contributed by atoms with E-state index in [1.165, 1.54) is 0 Å². The highest BCUT2D eigenvalue weighted by molar-refractivity contribution is 7.99. The van der Waals surface area contributed by atoms with Crippen LogP contribution in [0, 0.1) is 0 Å². The lowest BCUT2D eigenvalue weighted by atomic mass is 10.3. The van der Waals surface area contributed by atoms with E-state index in [1.54, 1.807) is 0 Å². The molecule has 5 heteroatoms. The maximum Gasteiger partial charge on any atom is 0.327 e. The summed E-state index contributed by atoms with van der Waals surface area (Å²) in [6.07, 6.45) is 0.833. The van der Waals surface area contributed by atoms with Crippen LogP contribution in [0.15, 0.2) is 73.3 Å². The van der Waals surface area contributed by atoms with Gasteiger partial charge in [-0.3, -0.25) is 0 Å². The van der Waals surface area contributed by atoms with E-state index in [4.69, 9.17) is 9.84 Å². The number of aliphatic carboxylic acids is 1. The Hall–Kier alpha value is -1.85. The molecule has 2 aromatic carbocycles. The van der Waals surface area contributed by atoms with E-state index in [0.717, 1.165) is 17.6 Å². The maximum atomic E-state index is 9.25. The first-order chi connectivity index (χ1) is 10.5. The summed E-state index contributed by atoms with van der Waals surface area (Å²) in [5.74, 6) is 0.757. The number of carbonyl (C=O) groups is 1. The van der Waals surface area contributed by atoms with Crippen molar-refractivity contribution in [2.75, 3.05) is 0 Å². The smallest absolute Gasteiger partial charge is 0.327 e. The van der Waals surface area contributed by atoms with Crippen LogP contribution in [0.1, 0.15) is 6.92 Å². The van der Waals surface area contributed by atoms with Gasteiger partial charge in [0.15, 0.2) is 0 Å². The SMILES string of the molecule is C=CC(=O)O.CC(S)S.c1ccc(Oc2ccccc2)cc1. The molecular formula is C17H20O3S2. The fourth-order valence-corrected chi connectivity index (χ4v) is 1.11. The highest BCUT2D eigenvalue weighted by Gasteiger charge is 1.92. The van der Waals surface area contributed by atoms with Gasteiger partial charge in [-0.1, -0.05) is 43.0 Å². The van der Waals surface area contributed by atoms with E-state index >= 15 is 0 Å². The highest BCUT2D eigenvalue weighted by Crippen LogP contribution is 2.19. The Bertz CT molecular complexity index is 488. The van der Waals surface area contributed by atoms with Crippen molar-refractivity contribution < 1.29 is 14.6 Å². The lowest BCUT2D eigenvalue weighted by Gasteiger charge is -2.03. The molecule has 22 heavy (non-hydrogen) atoms. The zero-order valence-corrected chi connectivity index (χ0v) is 14.1. The van der Waals surface area contributed by atoms with E-state index in [2.05, 4.69) is 31.8 Å². The van der Waals surface area contributed by atoms with Crippen molar-refractivity contribution in [2.45, 2.75) is 11.5 Å². The highest BCUT2D eigenvalue weighted by atomic mass is 32.2. The quantitative estimate of drug-likeness (QED) is 0.423. The Morgan fingerprint density at radius 2 is 1.32 bits per heavy atom. The Labute approximate surface area is 142 Å². The first-order valence-electron chi connectivity index (χ1n) is 6.45. The molecule has 0 spiro atoms. The largest absolute Gasteiger partial charge is 0.478 e. The summed E-state index contributed by atoms with van der Waals surface area (Å²) in [6, 6.07) is 19.5. The summed E-state index contributed by atoms with van der Waals surface area (Å²) in [4.78, 5) is 9.25. The molecule has 0 aromatic heterocycles. The van der Waals surface area contributed by atoms with Gasteiger partial charge in [-0.2, -0.15) is 25.3 Å². The summed E-state index contributed by atoms with van der Waals surface area (Å²) in [6.45, 7) is 4.86. The van der Waals surface area contributed by atoms with Gasteiger partial charge in [-0.25, -0.2) is 4.79 Å². The predicted molar refractivity (Wildman–Crippen MR) is 98.2 cm³/mol. The monoisotopic (exact) mass is 336 g/mol. The van der Waals surface area contributed by atoms with Crippen molar-refractivity contribution in [1.29, 1.82) is 0 Å². The van der Waals surface area contributed by atoms with Gasteiger partial charge >= 0.3 is 5.97 Å². The van der Waals surface area contributed by atoms with Gasteiger partial charge in [0, 0.05) is 10.7 Å². The Kier molecular flexibility index (Phi) is 11.8. The fourth-order valence-electron chi connectivity index (χ4n) is 1.11. The molecule has 0 radical (unpaired) electrons. The molecule has 0 aliphatic heterocycles. The molecule has 0 amide bonds. The van der Waals surface area contributed by atoms with Crippen LogP contribution in [0.5, 0.6) is 11.5 Å². The number of carboxylic acids is 1. The van der Waals surface area contributed by atoms with Crippen molar-refractivity contribution in [1.82, 2.24) is 0 Å². The third-order valence-corrected chi connectivity index (χ3v) is 1.90. The molecule has 3 nitrogen and oxygen atoms in total. The molecule has 118 valence electrons. The Morgan fingerprint density at radius 3 is 1.55 bits per heavy atom. The minimum Gasteiger partial charge on any atom is -0.478 e. The summed E-state index contributed by atoms with van der Waals surface area (Å²) >= 11 is 7.66. The molecule has 0 unspecified atom stereocenters. The Morgan fingerprint density at radius 1 is 1.05 bits per heavy atom. The van der Waals surface area contributed by atoms with Crippen LogP contribution < -0.4 is 4.74 Å². The molecular weight excluding hydrogens is 316 g/mol. The van der Waals surface area contributed by atoms with Crippen LogP contribution in [-0.2, 0) is 4.79 Å². The number of para-hydroxylation sites is 2. The van der Waals surface area contributed by atoms with Gasteiger partial charge in [0.2, 0.25) is 0 Å². The molecule has 0 fully saturated rings. The molecule has 0 heterocycles.